The van der Waals surface area contributed by atoms with Gasteiger partial charge in [-0.15, -0.1) is 0 Å². The van der Waals surface area contributed by atoms with Crippen molar-refractivity contribution in [2.75, 3.05) is 20.3 Å². The molecule has 0 bridgehead atoms. The number of rotatable bonds is 3. The molecule has 1 fully saturated rings. The highest BCUT2D eigenvalue weighted by Gasteiger charge is 2.17. The van der Waals surface area contributed by atoms with Crippen LogP contribution in [0.15, 0.2) is 24.3 Å². The van der Waals surface area contributed by atoms with Gasteiger partial charge in [-0.3, -0.25) is 0 Å². The van der Waals surface area contributed by atoms with Crippen LogP contribution in [0, 0.1) is 0 Å². The lowest BCUT2D eigenvalue weighted by molar-refractivity contribution is 0.0600. The molecular formula is C12H14O4. The maximum Gasteiger partial charge on any atom is 0.337 e. The number of ether oxygens (including phenoxy) is 3. The van der Waals surface area contributed by atoms with Crippen LogP contribution in [0.1, 0.15) is 16.8 Å². The second-order valence-corrected chi connectivity index (χ2v) is 3.62. The van der Waals surface area contributed by atoms with Crippen LogP contribution >= 0.6 is 0 Å². The van der Waals surface area contributed by atoms with Crippen LogP contribution in [0.25, 0.3) is 0 Å². The average molecular weight is 222 g/mol. The number of hydrogen-bond acceptors (Lipinski definition) is 4. The van der Waals surface area contributed by atoms with Gasteiger partial charge in [0.1, 0.15) is 11.9 Å². The van der Waals surface area contributed by atoms with Crippen LogP contribution in [0.2, 0.25) is 0 Å². The number of carbonyl (C=O) groups excluding carboxylic acids is 1. The van der Waals surface area contributed by atoms with Gasteiger partial charge in [-0.1, -0.05) is 0 Å². The van der Waals surface area contributed by atoms with E-state index in [-0.39, 0.29) is 12.1 Å². The zero-order chi connectivity index (χ0) is 11.4. The molecule has 2 rings (SSSR count). The molecular weight excluding hydrogens is 208 g/mol. The van der Waals surface area contributed by atoms with Gasteiger partial charge in [0.2, 0.25) is 0 Å². The van der Waals surface area contributed by atoms with Crippen molar-refractivity contribution in [1.29, 1.82) is 0 Å². The Kier molecular flexibility index (Phi) is 3.41. The molecule has 1 atom stereocenters. The highest BCUT2D eigenvalue weighted by atomic mass is 16.5. The Hall–Kier alpha value is -1.55. The second-order valence-electron chi connectivity index (χ2n) is 3.62. The summed E-state index contributed by atoms with van der Waals surface area (Å²) in [6, 6.07) is 6.92. The molecule has 0 N–H and O–H groups in total. The maximum atomic E-state index is 11.2. The fourth-order valence-electron chi connectivity index (χ4n) is 1.59. The molecule has 0 amide bonds. The van der Waals surface area contributed by atoms with E-state index in [0.29, 0.717) is 12.2 Å². The first kappa shape index (κ1) is 11.0. The molecule has 16 heavy (non-hydrogen) atoms. The number of hydrogen-bond donors (Lipinski definition) is 0. The molecule has 0 radical (unpaired) electrons. The van der Waals surface area contributed by atoms with Crippen molar-refractivity contribution in [3.63, 3.8) is 0 Å². The maximum absolute atomic E-state index is 11.2. The SMILES string of the molecule is COC(=O)c1ccc(OC2CCOC2)cc1. The van der Waals surface area contributed by atoms with E-state index in [1.54, 1.807) is 24.3 Å². The van der Waals surface area contributed by atoms with Crippen molar-refractivity contribution in [2.24, 2.45) is 0 Å². The lowest BCUT2D eigenvalue weighted by Crippen LogP contribution is -2.15. The third kappa shape index (κ3) is 2.52. The first-order chi connectivity index (χ1) is 7.79. The van der Waals surface area contributed by atoms with E-state index >= 15 is 0 Å². The fourth-order valence-corrected chi connectivity index (χ4v) is 1.59. The van der Waals surface area contributed by atoms with Crippen molar-refractivity contribution in [3.05, 3.63) is 29.8 Å². The lowest BCUT2D eigenvalue weighted by atomic mass is 10.2. The van der Waals surface area contributed by atoms with Gasteiger partial charge >= 0.3 is 5.97 Å². The van der Waals surface area contributed by atoms with E-state index in [1.165, 1.54) is 7.11 Å². The molecule has 1 saturated heterocycles. The molecule has 86 valence electrons. The highest BCUT2D eigenvalue weighted by Crippen LogP contribution is 2.17. The summed E-state index contributed by atoms with van der Waals surface area (Å²) in [6.45, 7) is 1.39. The molecule has 0 saturated carbocycles. The summed E-state index contributed by atoms with van der Waals surface area (Å²) in [5.74, 6) is 0.416. The van der Waals surface area contributed by atoms with E-state index in [1.807, 2.05) is 0 Å². The Balaban J connectivity index is 1.98. The van der Waals surface area contributed by atoms with Crippen molar-refractivity contribution < 1.29 is 19.0 Å². The minimum absolute atomic E-state index is 0.129. The van der Waals surface area contributed by atoms with Crippen molar-refractivity contribution in [1.82, 2.24) is 0 Å². The van der Waals surface area contributed by atoms with Crippen LogP contribution in [0.5, 0.6) is 5.75 Å². The standard InChI is InChI=1S/C12H14O4/c1-14-12(13)9-2-4-10(5-3-9)16-11-6-7-15-8-11/h2-5,11H,6-8H2,1H3. The smallest absolute Gasteiger partial charge is 0.337 e. The van der Waals surface area contributed by atoms with E-state index < -0.39 is 0 Å². The summed E-state index contributed by atoms with van der Waals surface area (Å²) >= 11 is 0. The summed E-state index contributed by atoms with van der Waals surface area (Å²) in [6.07, 6.45) is 1.04. The first-order valence-corrected chi connectivity index (χ1v) is 5.22. The Morgan fingerprint density at radius 2 is 2.12 bits per heavy atom. The lowest BCUT2D eigenvalue weighted by Gasteiger charge is -2.11. The fraction of sp³-hybridized carbons (Fsp3) is 0.417. The minimum atomic E-state index is -0.337. The third-order valence-corrected chi connectivity index (χ3v) is 2.47. The van der Waals surface area contributed by atoms with Crippen LogP contribution in [0.3, 0.4) is 0 Å². The minimum Gasteiger partial charge on any atom is -0.488 e. The third-order valence-electron chi connectivity index (χ3n) is 2.47. The molecule has 1 unspecified atom stereocenters. The molecule has 1 heterocycles. The Labute approximate surface area is 94.1 Å². The van der Waals surface area contributed by atoms with Gasteiger partial charge in [-0.05, 0) is 24.3 Å². The number of esters is 1. The van der Waals surface area contributed by atoms with Gasteiger partial charge in [0, 0.05) is 6.42 Å². The van der Waals surface area contributed by atoms with Crippen molar-refractivity contribution in [2.45, 2.75) is 12.5 Å². The van der Waals surface area contributed by atoms with E-state index in [9.17, 15) is 4.79 Å². The molecule has 4 heteroatoms. The summed E-state index contributed by atoms with van der Waals surface area (Å²) in [5.41, 5.74) is 0.525. The number of methoxy groups -OCH3 is 1. The van der Waals surface area contributed by atoms with Gasteiger partial charge < -0.3 is 14.2 Å². The molecule has 1 aromatic rings. The van der Waals surface area contributed by atoms with Crippen LogP contribution in [-0.2, 0) is 9.47 Å². The molecule has 1 aliphatic rings. The summed E-state index contributed by atoms with van der Waals surface area (Å²) < 4.78 is 15.5. The Morgan fingerprint density at radius 3 is 2.69 bits per heavy atom. The predicted molar refractivity (Wildman–Crippen MR) is 57.6 cm³/mol. The summed E-state index contributed by atoms with van der Waals surface area (Å²) in [5, 5.41) is 0. The van der Waals surface area contributed by atoms with Gasteiger partial charge in [-0.2, -0.15) is 0 Å². The van der Waals surface area contributed by atoms with E-state index in [0.717, 1.165) is 18.8 Å². The number of benzene rings is 1. The second kappa shape index (κ2) is 4.99. The molecule has 1 aromatic carbocycles. The normalized spacial score (nSPS) is 19.4. The van der Waals surface area contributed by atoms with Crippen LogP contribution in [-0.4, -0.2) is 32.4 Å². The Bertz CT molecular complexity index is 352. The van der Waals surface area contributed by atoms with Crippen LogP contribution < -0.4 is 4.74 Å². The molecule has 0 aromatic heterocycles. The van der Waals surface area contributed by atoms with Gasteiger partial charge in [0.05, 0.1) is 25.9 Å². The summed E-state index contributed by atoms with van der Waals surface area (Å²) in [4.78, 5) is 11.2. The quantitative estimate of drug-likeness (QED) is 0.729. The molecule has 4 nitrogen and oxygen atoms in total. The molecule has 0 aliphatic carbocycles. The monoisotopic (exact) mass is 222 g/mol. The van der Waals surface area contributed by atoms with E-state index in [4.69, 9.17) is 9.47 Å². The largest absolute Gasteiger partial charge is 0.488 e. The topological polar surface area (TPSA) is 44.8 Å². The summed E-state index contributed by atoms with van der Waals surface area (Å²) in [7, 11) is 1.36. The Morgan fingerprint density at radius 1 is 1.38 bits per heavy atom. The van der Waals surface area contributed by atoms with Crippen molar-refractivity contribution >= 4 is 5.97 Å². The first-order valence-electron chi connectivity index (χ1n) is 5.22. The van der Waals surface area contributed by atoms with Gasteiger partial charge in [-0.25, -0.2) is 4.79 Å². The van der Waals surface area contributed by atoms with Crippen LogP contribution in [0.4, 0.5) is 0 Å². The highest BCUT2D eigenvalue weighted by molar-refractivity contribution is 5.89. The molecule has 1 aliphatic heterocycles. The van der Waals surface area contributed by atoms with Gasteiger partial charge in [0.15, 0.2) is 0 Å². The predicted octanol–water partition coefficient (Wildman–Crippen LogP) is 1.64. The number of carbonyl (C=O) groups is 1. The van der Waals surface area contributed by atoms with Gasteiger partial charge in [0.25, 0.3) is 0 Å². The zero-order valence-corrected chi connectivity index (χ0v) is 9.14. The average Bonchev–Trinajstić information content (AvgIpc) is 2.82. The van der Waals surface area contributed by atoms with Crippen molar-refractivity contribution in [3.8, 4) is 5.75 Å². The molecule has 0 spiro atoms. The zero-order valence-electron chi connectivity index (χ0n) is 9.14. The van der Waals surface area contributed by atoms with E-state index in [2.05, 4.69) is 4.74 Å².